The van der Waals surface area contributed by atoms with Gasteiger partial charge in [0.05, 0.1) is 0 Å². The van der Waals surface area contributed by atoms with Crippen LogP contribution in [0.15, 0.2) is 24.8 Å². The second-order valence-electron chi connectivity index (χ2n) is 4.74. The van der Waals surface area contributed by atoms with Crippen LogP contribution in [-0.2, 0) is 26.3 Å². The van der Waals surface area contributed by atoms with Gasteiger partial charge in [0.2, 0.25) is 0 Å². The lowest BCUT2D eigenvalue weighted by molar-refractivity contribution is -0.138. The van der Waals surface area contributed by atoms with Crippen LogP contribution < -0.4 is 5.73 Å². The topological polar surface area (TPSA) is 97.5 Å². The first-order chi connectivity index (χ1) is 10.8. The van der Waals surface area contributed by atoms with Gasteiger partial charge in [-0.15, -0.1) is 0 Å². The standard InChI is InChI=1S/C13H12F5NO4S/c1-2-8-5-7(6-10(19)11(20)21)3-4-9(8)12(14,15)24(22,23)13(16,17)18/h2-5,10H,1,6,19H2,(H,20,21). The zero-order valence-electron chi connectivity index (χ0n) is 11.8. The second kappa shape index (κ2) is 6.48. The van der Waals surface area contributed by atoms with Crippen LogP contribution in [0.3, 0.4) is 0 Å². The van der Waals surface area contributed by atoms with Gasteiger partial charge in [-0.1, -0.05) is 30.9 Å². The zero-order valence-corrected chi connectivity index (χ0v) is 12.7. The Bertz CT molecular complexity index is 758. The van der Waals surface area contributed by atoms with Gasteiger partial charge in [0, 0.05) is 5.56 Å². The maximum Gasteiger partial charge on any atom is 0.503 e. The number of nitrogens with two attached hydrogens (primary N) is 1. The van der Waals surface area contributed by atoms with Crippen molar-refractivity contribution in [2.24, 2.45) is 5.73 Å². The molecule has 0 amide bonds. The molecule has 0 aliphatic rings. The zero-order chi connectivity index (χ0) is 18.9. The van der Waals surface area contributed by atoms with E-state index in [2.05, 4.69) is 6.58 Å². The molecule has 0 bridgehead atoms. The Labute approximate surface area is 133 Å². The summed E-state index contributed by atoms with van der Waals surface area (Å²) in [6.45, 7) is 3.15. The van der Waals surface area contributed by atoms with Crippen molar-refractivity contribution in [3.05, 3.63) is 41.5 Å². The van der Waals surface area contributed by atoms with Gasteiger partial charge >= 0.3 is 26.6 Å². The van der Waals surface area contributed by atoms with Crippen LogP contribution in [0.4, 0.5) is 22.0 Å². The van der Waals surface area contributed by atoms with Gasteiger partial charge in [-0.25, -0.2) is 8.42 Å². The fourth-order valence-corrected chi connectivity index (χ4v) is 2.57. The average molecular weight is 373 g/mol. The molecular weight excluding hydrogens is 361 g/mol. The number of hydrogen-bond donors (Lipinski definition) is 2. The van der Waals surface area contributed by atoms with Crippen molar-refractivity contribution in [3.63, 3.8) is 0 Å². The third-order valence-electron chi connectivity index (χ3n) is 3.06. The summed E-state index contributed by atoms with van der Waals surface area (Å²) in [6, 6.07) is 0.896. The summed E-state index contributed by atoms with van der Waals surface area (Å²) in [5.41, 5.74) is -2.76. The molecule has 0 spiro atoms. The normalized spacial score (nSPS) is 14.2. The lowest BCUT2D eigenvalue weighted by Gasteiger charge is -2.21. The number of benzene rings is 1. The van der Waals surface area contributed by atoms with Gasteiger partial charge in [0.15, 0.2) is 0 Å². The summed E-state index contributed by atoms with van der Waals surface area (Å²) in [5.74, 6) is -1.37. The number of carbonyl (C=O) groups is 1. The fourth-order valence-electron chi connectivity index (χ4n) is 1.80. The number of carboxylic acids is 1. The Balaban J connectivity index is 3.41. The average Bonchev–Trinajstić information content (AvgIpc) is 2.45. The molecule has 0 aromatic heterocycles. The predicted octanol–water partition coefficient (Wildman–Crippen LogP) is 2.27. The number of halogens is 5. The highest BCUT2D eigenvalue weighted by molar-refractivity contribution is 7.92. The maximum atomic E-state index is 13.9. The van der Waals surface area contributed by atoms with E-state index in [1.54, 1.807) is 0 Å². The van der Waals surface area contributed by atoms with Gasteiger partial charge in [0.25, 0.3) is 0 Å². The number of aliphatic carboxylic acids is 1. The van der Waals surface area contributed by atoms with E-state index >= 15 is 0 Å². The second-order valence-corrected chi connectivity index (χ2v) is 6.72. The summed E-state index contributed by atoms with van der Waals surface area (Å²) in [5, 5.41) is 3.45. The fraction of sp³-hybridized carbons (Fsp3) is 0.308. The first-order valence-electron chi connectivity index (χ1n) is 6.18. The van der Waals surface area contributed by atoms with E-state index in [1.807, 2.05) is 0 Å². The molecule has 0 saturated heterocycles. The highest BCUT2D eigenvalue weighted by Crippen LogP contribution is 2.44. The van der Waals surface area contributed by atoms with Gasteiger partial charge in [-0.2, -0.15) is 22.0 Å². The molecule has 0 fully saturated rings. The molecule has 3 N–H and O–H groups in total. The minimum absolute atomic E-state index is 0.115. The van der Waals surface area contributed by atoms with E-state index in [0.29, 0.717) is 6.07 Å². The molecule has 0 saturated carbocycles. The largest absolute Gasteiger partial charge is 0.503 e. The molecule has 1 aromatic rings. The molecule has 1 atom stereocenters. The molecular formula is C13H12F5NO4S. The number of carboxylic acid groups (broad SMARTS) is 1. The molecule has 0 aliphatic heterocycles. The van der Waals surface area contributed by atoms with E-state index < -0.39 is 43.7 Å². The Hall–Kier alpha value is -2.01. The lowest BCUT2D eigenvalue weighted by Crippen LogP contribution is -2.38. The smallest absolute Gasteiger partial charge is 0.480 e. The minimum Gasteiger partial charge on any atom is -0.480 e. The summed E-state index contributed by atoms with van der Waals surface area (Å²) >= 11 is 0. The van der Waals surface area contributed by atoms with E-state index in [0.717, 1.165) is 18.2 Å². The molecule has 1 unspecified atom stereocenters. The highest BCUT2D eigenvalue weighted by Gasteiger charge is 2.63. The Morgan fingerprint density at radius 3 is 2.25 bits per heavy atom. The van der Waals surface area contributed by atoms with Crippen molar-refractivity contribution in [1.82, 2.24) is 0 Å². The molecule has 24 heavy (non-hydrogen) atoms. The third-order valence-corrected chi connectivity index (χ3v) is 4.57. The van der Waals surface area contributed by atoms with Crippen molar-refractivity contribution in [2.45, 2.75) is 23.2 Å². The van der Waals surface area contributed by atoms with Crippen molar-refractivity contribution >= 4 is 21.9 Å². The van der Waals surface area contributed by atoms with E-state index in [9.17, 15) is 35.2 Å². The van der Waals surface area contributed by atoms with Crippen LogP contribution in [0.25, 0.3) is 6.08 Å². The maximum absolute atomic E-state index is 13.9. The molecule has 5 nitrogen and oxygen atoms in total. The highest BCUT2D eigenvalue weighted by atomic mass is 32.2. The van der Waals surface area contributed by atoms with Crippen molar-refractivity contribution < 1.29 is 40.3 Å². The SMILES string of the molecule is C=Cc1cc(CC(N)C(=O)O)ccc1C(F)(F)S(=O)(=O)C(F)(F)F. The predicted molar refractivity (Wildman–Crippen MR) is 74.7 cm³/mol. The quantitative estimate of drug-likeness (QED) is 0.746. The minimum atomic E-state index is -6.81. The number of sulfone groups is 1. The summed E-state index contributed by atoms with van der Waals surface area (Å²) in [7, 11) is -6.81. The summed E-state index contributed by atoms with van der Waals surface area (Å²) in [6.07, 6.45) is 0.443. The third kappa shape index (κ3) is 3.56. The van der Waals surface area contributed by atoms with Gasteiger partial charge in [-0.3, -0.25) is 4.79 Å². The van der Waals surface area contributed by atoms with Crippen LogP contribution in [0.1, 0.15) is 16.7 Å². The van der Waals surface area contributed by atoms with E-state index in [1.165, 1.54) is 0 Å². The molecule has 0 heterocycles. The first-order valence-corrected chi connectivity index (χ1v) is 7.67. The van der Waals surface area contributed by atoms with Crippen molar-refractivity contribution in [1.29, 1.82) is 0 Å². The van der Waals surface area contributed by atoms with Gasteiger partial charge < -0.3 is 10.8 Å². The summed E-state index contributed by atoms with van der Waals surface area (Å²) in [4.78, 5) is 10.7. The first kappa shape index (κ1) is 20.0. The van der Waals surface area contributed by atoms with Crippen LogP contribution in [-0.4, -0.2) is 31.0 Å². The van der Waals surface area contributed by atoms with Gasteiger partial charge in [0.1, 0.15) is 6.04 Å². The summed E-state index contributed by atoms with van der Waals surface area (Å²) < 4.78 is 87.3. The molecule has 0 aliphatic carbocycles. The molecule has 11 heteroatoms. The van der Waals surface area contributed by atoms with E-state index in [4.69, 9.17) is 10.8 Å². The van der Waals surface area contributed by atoms with Crippen LogP contribution in [0.5, 0.6) is 0 Å². The van der Waals surface area contributed by atoms with Crippen LogP contribution in [0.2, 0.25) is 0 Å². The lowest BCUT2D eigenvalue weighted by atomic mass is 9.99. The van der Waals surface area contributed by atoms with Crippen LogP contribution >= 0.6 is 0 Å². The van der Waals surface area contributed by atoms with Crippen molar-refractivity contribution in [2.75, 3.05) is 0 Å². The number of alkyl halides is 5. The monoisotopic (exact) mass is 373 g/mol. The Morgan fingerprint density at radius 2 is 1.83 bits per heavy atom. The Kier molecular flexibility index (Phi) is 5.41. The molecule has 134 valence electrons. The molecule has 0 radical (unpaired) electrons. The number of hydrogen-bond acceptors (Lipinski definition) is 4. The molecule has 1 rings (SSSR count). The Morgan fingerprint density at radius 1 is 1.29 bits per heavy atom. The van der Waals surface area contributed by atoms with E-state index in [-0.39, 0.29) is 12.0 Å². The number of rotatable bonds is 6. The van der Waals surface area contributed by atoms with Gasteiger partial charge in [-0.05, 0) is 17.5 Å². The van der Waals surface area contributed by atoms with Crippen LogP contribution in [0, 0.1) is 0 Å². The van der Waals surface area contributed by atoms with Crippen molar-refractivity contribution in [3.8, 4) is 0 Å². The molecule has 1 aromatic carbocycles.